The Balaban J connectivity index is 2.62. The van der Waals surface area contributed by atoms with Gasteiger partial charge in [0.05, 0.1) is 0 Å². The standard InChI is InChI=1S/C16H24N4O3/c1-4-10(2)14(20-16(17)23)15(22)18-9-12-5-7-13(8-6-12)19-11(3)21/h5-8,10,14H,4,9H2,1-3H3,(H,18,22)(H,19,21)(H3,17,20,23)/t10-,14-/m1/s1. The molecule has 1 aromatic rings. The van der Waals surface area contributed by atoms with E-state index >= 15 is 0 Å². The van der Waals surface area contributed by atoms with Crippen LogP contribution in [0.2, 0.25) is 0 Å². The average molecular weight is 320 g/mol. The van der Waals surface area contributed by atoms with Crippen molar-refractivity contribution >= 4 is 23.5 Å². The van der Waals surface area contributed by atoms with Crippen molar-refractivity contribution in [2.24, 2.45) is 11.7 Å². The normalized spacial score (nSPS) is 12.8. The summed E-state index contributed by atoms with van der Waals surface area (Å²) < 4.78 is 0. The largest absolute Gasteiger partial charge is 0.352 e. The Morgan fingerprint density at radius 2 is 1.78 bits per heavy atom. The third-order valence-electron chi connectivity index (χ3n) is 3.53. The number of hydrogen-bond acceptors (Lipinski definition) is 3. The van der Waals surface area contributed by atoms with Crippen molar-refractivity contribution in [3.05, 3.63) is 29.8 Å². The maximum absolute atomic E-state index is 12.2. The third-order valence-corrected chi connectivity index (χ3v) is 3.53. The molecule has 5 N–H and O–H groups in total. The Bertz CT molecular complexity index is 557. The van der Waals surface area contributed by atoms with Gasteiger partial charge in [-0.1, -0.05) is 32.4 Å². The van der Waals surface area contributed by atoms with Gasteiger partial charge in [-0.15, -0.1) is 0 Å². The minimum absolute atomic E-state index is 0.0235. The van der Waals surface area contributed by atoms with E-state index in [-0.39, 0.29) is 17.7 Å². The van der Waals surface area contributed by atoms with Gasteiger partial charge >= 0.3 is 6.03 Å². The maximum Gasteiger partial charge on any atom is 0.312 e. The van der Waals surface area contributed by atoms with Crippen LogP contribution in [0.3, 0.4) is 0 Å². The highest BCUT2D eigenvalue weighted by molar-refractivity contribution is 5.88. The summed E-state index contributed by atoms with van der Waals surface area (Å²) in [7, 11) is 0. The minimum Gasteiger partial charge on any atom is -0.352 e. The third kappa shape index (κ3) is 6.37. The Morgan fingerprint density at radius 3 is 2.26 bits per heavy atom. The first-order valence-electron chi connectivity index (χ1n) is 7.53. The van der Waals surface area contributed by atoms with E-state index in [1.165, 1.54) is 6.92 Å². The number of nitrogens with two attached hydrogens (primary N) is 1. The molecule has 0 saturated heterocycles. The summed E-state index contributed by atoms with van der Waals surface area (Å²) in [5.41, 5.74) is 6.70. The SMILES string of the molecule is CC[C@@H](C)[C@@H](NC(N)=O)C(=O)NCc1ccc(NC(C)=O)cc1. The van der Waals surface area contributed by atoms with Crippen LogP contribution in [0, 0.1) is 5.92 Å². The Kier molecular flexibility index (Phi) is 7.05. The predicted octanol–water partition coefficient (Wildman–Crippen LogP) is 1.34. The summed E-state index contributed by atoms with van der Waals surface area (Å²) in [5, 5.41) is 7.93. The lowest BCUT2D eigenvalue weighted by atomic mass is 9.98. The molecule has 7 nitrogen and oxygen atoms in total. The monoisotopic (exact) mass is 320 g/mol. The summed E-state index contributed by atoms with van der Waals surface area (Å²) in [4.78, 5) is 34.2. The molecule has 126 valence electrons. The fraction of sp³-hybridized carbons (Fsp3) is 0.438. The molecule has 0 bridgehead atoms. The highest BCUT2D eigenvalue weighted by Gasteiger charge is 2.24. The van der Waals surface area contributed by atoms with E-state index in [0.717, 1.165) is 12.0 Å². The van der Waals surface area contributed by atoms with Crippen LogP contribution in [0.4, 0.5) is 10.5 Å². The van der Waals surface area contributed by atoms with Crippen LogP contribution in [0.15, 0.2) is 24.3 Å². The summed E-state index contributed by atoms with van der Waals surface area (Å²) in [6, 6.07) is 5.77. The van der Waals surface area contributed by atoms with Gasteiger partial charge in [-0.2, -0.15) is 0 Å². The van der Waals surface area contributed by atoms with Crippen LogP contribution in [0.1, 0.15) is 32.8 Å². The lowest BCUT2D eigenvalue weighted by Gasteiger charge is -2.22. The smallest absolute Gasteiger partial charge is 0.312 e. The van der Waals surface area contributed by atoms with Gasteiger partial charge in [-0.3, -0.25) is 9.59 Å². The molecule has 2 atom stereocenters. The summed E-state index contributed by atoms with van der Waals surface area (Å²) in [6.45, 7) is 5.58. The van der Waals surface area contributed by atoms with Crippen LogP contribution in [-0.2, 0) is 16.1 Å². The van der Waals surface area contributed by atoms with Crippen molar-refractivity contribution < 1.29 is 14.4 Å². The number of rotatable bonds is 7. The summed E-state index contributed by atoms with van der Waals surface area (Å²) in [6.07, 6.45) is 0.740. The first-order chi connectivity index (χ1) is 10.8. The zero-order chi connectivity index (χ0) is 17.4. The van der Waals surface area contributed by atoms with E-state index in [4.69, 9.17) is 5.73 Å². The van der Waals surface area contributed by atoms with Gasteiger partial charge in [0, 0.05) is 19.2 Å². The highest BCUT2D eigenvalue weighted by Crippen LogP contribution is 2.11. The lowest BCUT2D eigenvalue weighted by molar-refractivity contribution is -0.124. The van der Waals surface area contributed by atoms with E-state index in [1.807, 2.05) is 26.0 Å². The van der Waals surface area contributed by atoms with Gasteiger partial charge in [-0.25, -0.2) is 4.79 Å². The number of urea groups is 1. The van der Waals surface area contributed by atoms with Gasteiger partial charge in [0.1, 0.15) is 6.04 Å². The molecule has 1 rings (SSSR count). The number of anilines is 1. The van der Waals surface area contributed by atoms with E-state index in [9.17, 15) is 14.4 Å². The number of carbonyl (C=O) groups excluding carboxylic acids is 3. The summed E-state index contributed by atoms with van der Waals surface area (Å²) in [5.74, 6) is -0.436. The van der Waals surface area contributed by atoms with Crippen LogP contribution in [0.25, 0.3) is 0 Å². The highest BCUT2D eigenvalue weighted by atomic mass is 16.2. The minimum atomic E-state index is -0.717. The van der Waals surface area contributed by atoms with Gasteiger partial charge in [-0.05, 0) is 23.6 Å². The second-order valence-electron chi connectivity index (χ2n) is 5.47. The number of nitrogens with one attached hydrogen (secondary N) is 3. The molecule has 0 spiro atoms. The zero-order valence-corrected chi connectivity index (χ0v) is 13.7. The molecular formula is C16H24N4O3. The van der Waals surface area contributed by atoms with Crippen molar-refractivity contribution in [1.29, 1.82) is 0 Å². The maximum atomic E-state index is 12.2. The molecule has 7 heteroatoms. The molecule has 0 aliphatic carbocycles. The molecule has 0 aromatic heterocycles. The van der Waals surface area contributed by atoms with Crippen LogP contribution in [-0.4, -0.2) is 23.9 Å². The molecule has 0 radical (unpaired) electrons. The number of carbonyl (C=O) groups is 3. The van der Waals surface area contributed by atoms with Crippen molar-refractivity contribution in [2.75, 3.05) is 5.32 Å². The molecule has 23 heavy (non-hydrogen) atoms. The Labute approximate surface area is 136 Å². The Hall–Kier alpha value is -2.57. The van der Waals surface area contributed by atoms with E-state index < -0.39 is 12.1 Å². The van der Waals surface area contributed by atoms with Gasteiger partial charge in [0.15, 0.2) is 0 Å². The Morgan fingerprint density at radius 1 is 1.17 bits per heavy atom. The van der Waals surface area contributed by atoms with Gasteiger partial charge < -0.3 is 21.7 Å². The van der Waals surface area contributed by atoms with Crippen LogP contribution < -0.4 is 21.7 Å². The van der Waals surface area contributed by atoms with Crippen LogP contribution >= 0.6 is 0 Å². The quantitative estimate of drug-likeness (QED) is 0.608. The van der Waals surface area contributed by atoms with Crippen molar-refractivity contribution in [1.82, 2.24) is 10.6 Å². The van der Waals surface area contributed by atoms with Crippen molar-refractivity contribution in [3.8, 4) is 0 Å². The predicted molar refractivity (Wildman–Crippen MR) is 88.6 cm³/mol. The second-order valence-corrected chi connectivity index (χ2v) is 5.47. The van der Waals surface area contributed by atoms with Crippen LogP contribution in [0.5, 0.6) is 0 Å². The van der Waals surface area contributed by atoms with Crippen molar-refractivity contribution in [2.45, 2.75) is 39.8 Å². The average Bonchev–Trinajstić information content (AvgIpc) is 2.50. The molecular weight excluding hydrogens is 296 g/mol. The van der Waals surface area contributed by atoms with E-state index in [2.05, 4.69) is 16.0 Å². The number of amides is 4. The first-order valence-corrected chi connectivity index (χ1v) is 7.53. The molecule has 0 saturated carbocycles. The molecule has 1 aromatic carbocycles. The van der Waals surface area contributed by atoms with E-state index in [1.54, 1.807) is 12.1 Å². The second kappa shape index (κ2) is 8.77. The number of primary amides is 1. The van der Waals surface area contributed by atoms with E-state index in [0.29, 0.717) is 12.2 Å². The fourth-order valence-electron chi connectivity index (χ4n) is 2.06. The van der Waals surface area contributed by atoms with Crippen molar-refractivity contribution in [3.63, 3.8) is 0 Å². The number of hydrogen-bond donors (Lipinski definition) is 4. The molecule has 0 fully saturated rings. The van der Waals surface area contributed by atoms with Gasteiger partial charge in [0.25, 0.3) is 0 Å². The summed E-state index contributed by atoms with van der Waals surface area (Å²) >= 11 is 0. The fourth-order valence-corrected chi connectivity index (χ4v) is 2.06. The topological polar surface area (TPSA) is 113 Å². The van der Waals surface area contributed by atoms with Gasteiger partial charge in [0.2, 0.25) is 11.8 Å². The lowest BCUT2D eigenvalue weighted by Crippen LogP contribution is -2.51. The number of benzene rings is 1. The zero-order valence-electron chi connectivity index (χ0n) is 13.7. The molecule has 4 amide bonds. The molecule has 0 unspecified atom stereocenters. The first kappa shape index (κ1) is 18.5. The molecule has 0 aliphatic heterocycles. The molecule has 0 aliphatic rings. The molecule has 0 heterocycles.